The quantitative estimate of drug-likeness (QED) is 0.690. The van der Waals surface area contributed by atoms with Gasteiger partial charge in [-0.3, -0.25) is 9.59 Å². The summed E-state index contributed by atoms with van der Waals surface area (Å²) in [6.07, 6.45) is 5.32. The molecule has 1 atom stereocenters. The Hall–Kier alpha value is -2.62. The molecule has 4 heteroatoms. The molecule has 0 radical (unpaired) electrons. The second-order valence-corrected chi connectivity index (χ2v) is 8.58. The highest BCUT2D eigenvalue weighted by molar-refractivity contribution is 5.88. The van der Waals surface area contributed by atoms with Gasteiger partial charge in [0.15, 0.2) is 0 Å². The highest BCUT2D eigenvalue weighted by Gasteiger charge is 2.30. The molecule has 1 aliphatic rings. The molecule has 3 rings (SSSR count). The van der Waals surface area contributed by atoms with E-state index in [0.29, 0.717) is 19.4 Å². The van der Waals surface area contributed by atoms with E-state index >= 15 is 0 Å². The second kappa shape index (κ2) is 10.4. The van der Waals surface area contributed by atoms with Gasteiger partial charge in [-0.15, -0.1) is 0 Å². The molecule has 160 valence electrons. The maximum atomic E-state index is 13.4. The Morgan fingerprint density at radius 2 is 1.47 bits per heavy atom. The van der Waals surface area contributed by atoms with Crippen LogP contribution in [0.2, 0.25) is 0 Å². The van der Waals surface area contributed by atoms with Crippen LogP contribution in [0.5, 0.6) is 0 Å². The van der Waals surface area contributed by atoms with E-state index in [1.807, 2.05) is 57.2 Å². The Morgan fingerprint density at radius 3 is 2.00 bits per heavy atom. The van der Waals surface area contributed by atoms with E-state index in [-0.39, 0.29) is 17.9 Å². The lowest BCUT2D eigenvalue weighted by Crippen LogP contribution is -2.51. The van der Waals surface area contributed by atoms with Crippen LogP contribution in [0.25, 0.3) is 0 Å². The van der Waals surface area contributed by atoms with Gasteiger partial charge in [0, 0.05) is 12.6 Å². The molecule has 0 spiro atoms. The molecule has 2 aromatic carbocycles. The Labute approximate surface area is 180 Å². The van der Waals surface area contributed by atoms with Crippen molar-refractivity contribution < 1.29 is 9.59 Å². The van der Waals surface area contributed by atoms with E-state index in [1.165, 1.54) is 24.0 Å². The van der Waals surface area contributed by atoms with Crippen molar-refractivity contribution in [1.82, 2.24) is 10.2 Å². The van der Waals surface area contributed by atoms with E-state index in [1.54, 1.807) is 4.90 Å². The summed E-state index contributed by atoms with van der Waals surface area (Å²) in [5.74, 6) is -0.0263. The topological polar surface area (TPSA) is 49.4 Å². The van der Waals surface area contributed by atoms with Crippen LogP contribution in [0, 0.1) is 13.8 Å². The van der Waals surface area contributed by atoms with Crippen molar-refractivity contribution in [2.45, 2.75) is 77.9 Å². The van der Waals surface area contributed by atoms with Gasteiger partial charge in [-0.05, 0) is 44.2 Å². The highest BCUT2D eigenvalue weighted by atomic mass is 16.2. The zero-order valence-electron chi connectivity index (χ0n) is 18.5. The average molecular weight is 407 g/mol. The van der Waals surface area contributed by atoms with Crippen LogP contribution >= 0.6 is 0 Å². The van der Waals surface area contributed by atoms with Crippen LogP contribution in [-0.2, 0) is 22.6 Å². The molecule has 0 aromatic heterocycles. The lowest BCUT2D eigenvalue weighted by atomic mass is 10.0. The van der Waals surface area contributed by atoms with Crippen molar-refractivity contribution in [3.05, 3.63) is 70.8 Å². The summed E-state index contributed by atoms with van der Waals surface area (Å²) in [4.78, 5) is 28.2. The molecule has 2 aromatic rings. The number of hydrogen-bond donors (Lipinski definition) is 1. The molecule has 0 saturated heterocycles. The Morgan fingerprint density at radius 1 is 0.933 bits per heavy atom. The summed E-state index contributed by atoms with van der Waals surface area (Å²) in [6, 6.07) is 16.0. The number of nitrogens with one attached hydrogen (secondary N) is 1. The monoisotopic (exact) mass is 406 g/mol. The van der Waals surface area contributed by atoms with E-state index in [2.05, 4.69) is 17.4 Å². The third-order valence-electron chi connectivity index (χ3n) is 6.04. The number of nitrogens with zero attached hydrogens (tertiary/aromatic N) is 1. The Balaban J connectivity index is 1.80. The van der Waals surface area contributed by atoms with Gasteiger partial charge in [-0.2, -0.15) is 0 Å². The van der Waals surface area contributed by atoms with Gasteiger partial charge in [-0.1, -0.05) is 79.4 Å². The summed E-state index contributed by atoms with van der Waals surface area (Å²) >= 11 is 0. The second-order valence-electron chi connectivity index (χ2n) is 8.58. The van der Waals surface area contributed by atoms with Crippen LogP contribution in [0.4, 0.5) is 0 Å². The van der Waals surface area contributed by atoms with Crippen molar-refractivity contribution in [1.29, 1.82) is 0 Å². The van der Waals surface area contributed by atoms with Crippen LogP contribution in [-0.4, -0.2) is 28.8 Å². The Bertz CT molecular complexity index is 836. The predicted molar refractivity (Wildman–Crippen MR) is 121 cm³/mol. The maximum absolute atomic E-state index is 13.4. The predicted octanol–water partition coefficient (Wildman–Crippen LogP) is 4.71. The van der Waals surface area contributed by atoms with Gasteiger partial charge in [0.2, 0.25) is 11.8 Å². The fraction of sp³-hybridized carbons (Fsp3) is 0.462. The van der Waals surface area contributed by atoms with Gasteiger partial charge in [0.25, 0.3) is 0 Å². The minimum Gasteiger partial charge on any atom is -0.352 e. The zero-order valence-corrected chi connectivity index (χ0v) is 18.5. The number of benzene rings is 2. The zero-order chi connectivity index (χ0) is 21.5. The summed E-state index contributed by atoms with van der Waals surface area (Å²) in [5, 5.41) is 3.20. The Kier molecular flexibility index (Phi) is 7.67. The molecule has 0 heterocycles. The smallest absolute Gasteiger partial charge is 0.243 e. The number of carbonyl (C=O) groups is 2. The van der Waals surface area contributed by atoms with E-state index in [0.717, 1.165) is 24.0 Å². The molecule has 0 aliphatic heterocycles. The first kappa shape index (κ1) is 22.1. The largest absolute Gasteiger partial charge is 0.352 e. The summed E-state index contributed by atoms with van der Waals surface area (Å²) < 4.78 is 0. The number of aryl methyl sites for hydroxylation is 2. The normalized spacial score (nSPS) is 15.0. The molecule has 4 nitrogen and oxygen atoms in total. The highest BCUT2D eigenvalue weighted by Crippen LogP contribution is 2.20. The molecule has 30 heavy (non-hydrogen) atoms. The molecular formula is C26H34N2O2. The fourth-order valence-corrected chi connectivity index (χ4v) is 4.16. The average Bonchev–Trinajstić information content (AvgIpc) is 3.24. The van der Waals surface area contributed by atoms with Gasteiger partial charge >= 0.3 is 0 Å². The summed E-state index contributed by atoms with van der Waals surface area (Å²) in [6.45, 7) is 6.52. The molecule has 0 unspecified atom stereocenters. The SMILES string of the molecule is CC[C@H](C(=O)NC1CCCC1)N(Cc1ccc(C)cc1)C(=O)Cc1ccc(C)cc1. The van der Waals surface area contributed by atoms with Gasteiger partial charge < -0.3 is 10.2 Å². The van der Waals surface area contributed by atoms with Crippen molar-refractivity contribution in [2.24, 2.45) is 0 Å². The number of carbonyl (C=O) groups excluding carboxylic acids is 2. The fourth-order valence-electron chi connectivity index (χ4n) is 4.16. The van der Waals surface area contributed by atoms with E-state index in [9.17, 15) is 9.59 Å². The van der Waals surface area contributed by atoms with Crippen LogP contribution < -0.4 is 5.32 Å². The lowest BCUT2D eigenvalue weighted by molar-refractivity contribution is -0.141. The lowest BCUT2D eigenvalue weighted by Gasteiger charge is -2.31. The minimum atomic E-state index is -0.454. The number of hydrogen-bond acceptors (Lipinski definition) is 2. The molecule has 1 aliphatic carbocycles. The standard InChI is InChI=1S/C26H34N2O2/c1-4-24(26(30)27-23-7-5-6-8-23)28(18-22-15-11-20(3)12-16-22)25(29)17-21-13-9-19(2)10-14-21/h9-16,23-24H,4-8,17-18H2,1-3H3,(H,27,30)/t24-/m1/s1. The van der Waals surface area contributed by atoms with Crippen molar-refractivity contribution in [3.8, 4) is 0 Å². The van der Waals surface area contributed by atoms with E-state index < -0.39 is 6.04 Å². The van der Waals surface area contributed by atoms with Crippen molar-refractivity contribution >= 4 is 11.8 Å². The molecule has 0 bridgehead atoms. The van der Waals surface area contributed by atoms with Gasteiger partial charge in [0.1, 0.15) is 6.04 Å². The van der Waals surface area contributed by atoms with Gasteiger partial charge in [0.05, 0.1) is 6.42 Å². The third-order valence-corrected chi connectivity index (χ3v) is 6.04. The minimum absolute atomic E-state index is 0.00662. The van der Waals surface area contributed by atoms with Crippen molar-refractivity contribution in [3.63, 3.8) is 0 Å². The van der Waals surface area contributed by atoms with Crippen molar-refractivity contribution in [2.75, 3.05) is 0 Å². The first-order chi connectivity index (χ1) is 14.5. The van der Waals surface area contributed by atoms with Gasteiger partial charge in [-0.25, -0.2) is 0 Å². The first-order valence-electron chi connectivity index (χ1n) is 11.2. The summed E-state index contributed by atoms with van der Waals surface area (Å²) in [7, 11) is 0. The van der Waals surface area contributed by atoms with E-state index in [4.69, 9.17) is 0 Å². The number of amides is 2. The third kappa shape index (κ3) is 5.94. The molecule has 2 amide bonds. The summed E-state index contributed by atoms with van der Waals surface area (Å²) in [5.41, 5.74) is 4.38. The molecule has 1 N–H and O–H groups in total. The molecular weight excluding hydrogens is 372 g/mol. The van der Waals surface area contributed by atoms with Crippen LogP contribution in [0.3, 0.4) is 0 Å². The van der Waals surface area contributed by atoms with Crippen LogP contribution in [0.15, 0.2) is 48.5 Å². The number of rotatable bonds is 8. The first-order valence-corrected chi connectivity index (χ1v) is 11.2. The van der Waals surface area contributed by atoms with Crippen LogP contribution in [0.1, 0.15) is 61.3 Å². The maximum Gasteiger partial charge on any atom is 0.243 e. The molecule has 1 saturated carbocycles. The molecule has 1 fully saturated rings.